The van der Waals surface area contributed by atoms with Gasteiger partial charge in [-0.15, -0.1) is 0 Å². The Morgan fingerprint density at radius 3 is 2.33 bits per heavy atom. The van der Waals surface area contributed by atoms with Gasteiger partial charge >= 0.3 is 0 Å². The Balaban J connectivity index is 1.67. The second-order valence-corrected chi connectivity index (χ2v) is 8.00. The molecule has 3 heteroatoms. The van der Waals surface area contributed by atoms with E-state index in [2.05, 4.69) is 13.8 Å². The first-order chi connectivity index (χ1) is 11.5. The van der Waals surface area contributed by atoms with Crippen LogP contribution in [0.25, 0.3) is 0 Å². The van der Waals surface area contributed by atoms with Gasteiger partial charge in [0, 0.05) is 5.92 Å². The van der Waals surface area contributed by atoms with Gasteiger partial charge in [0.1, 0.15) is 5.83 Å². The van der Waals surface area contributed by atoms with E-state index >= 15 is 0 Å². The Hall–Kier alpha value is -0.990. The zero-order chi connectivity index (χ0) is 17.3. The summed E-state index contributed by atoms with van der Waals surface area (Å²) in [5.74, 6) is -1.39. The lowest BCUT2D eigenvalue weighted by atomic mass is 9.68. The minimum absolute atomic E-state index is 0.254. The molecule has 1 saturated carbocycles. The first-order valence-electron chi connectivity index (χ1n) is 9.60. The molecule has 3 rings (SSSR count). The Morgan fingerprint density at radius 2 is 1.71 bits per heavy atom. The lowest BCUT2D eigenvalue weighted by Gasteiger charge is -2.38. The van der Waals surface area contributed by atoms with Gasteiger partial charge < -0.3 is 0 Å². The molecule has 134 valence electrons. The average molecular weight is 338 g/mol. The monoisotopic (exact) mass is 338 g/mol. The lowest BCUT2D eigenvalue weighted by molar-refractivity contribution is 0.185. The molecule has 0 aromatic heterocycles. The van der Waals surface area contributed by atoms with E-state index in [9.17, 15) is 13.2 Å². The van der Waals surface area contributed by atoms with Crippen LogP contribution in [-0.4, -0.2) is 0 Å². The summed E-state index contributed by atoms with van der Waals surface area (Å²) < 4.78 is 41.0. The highest BCUT2D eigenvalue weighted by Gasteiger charge is 2.34. The molecule has 0 aliphatic heterocycles. The van der Waals surface area contributed by atoms with Crippen LogP contribution in [0, 0.1) is 23.7 Å². The second kappa shape index (κ2) is 7.49. The number of rotatable bonds is 3. The topological polar surface area (TPSA) is 0 Å². The first-order valence-corrected chi connectivity index (χ1v) is 9.60. The Bertz CT molecular complexity index is 562. The molecule has 0 bridgehead atoms. The zero-order valence-corrected chi connectivity index (χ0v) is 14.9. The third kappa shape index (κ3) is 3.50. The maximum absolute atomic E-state index is 14.2. The van der Waals surface area contributed by atoms with Crippen molar-refractivity contribution in [3.05, 3.63) is 34.7 Å². The van der Waals surface area contributed by atoms with Crippen molar-refractivity contribution >= 4 is 0 Å². The van der Waals surface area contributed by atoms with E-state index < -0.39 is 23.4 Å². The molecule has 0 radical (unpaired) electrons. The summed E-state index contributed by atoms with van der Waals surface area (Å²) in [4.78, 5) is 0. The number of allylic oxidation sites excluding steroid dienone is 6. The van der Waals surface area contributed by atoms with E-state index in [1.54, 1.807) is 0 Å². The van der Waals surface area contributed by atoms with Gasteiger partial charge in [-0.2, -0.15) is 0 Å². The normalized spacial score (nSPS) is 35.3. The zero-order valence-electron chi connectivity index (χ0n) is 14.9. The van der Waals surface area contributed by atoms with E-state index in [-0.39, 0.29) is 6.42 Å². The van der Waals surface area contributed by atoms with E-state index in [0.717, 1.165) is 36.7 Å². The van der Waals surface area contributed by atoms with E-state index in [1.165, 1.54) is 43.8 Å². The first kappa shape index (κ1) is 17.8. The van der Waals surface area contributed by atoms with Crippen molar-refractivity contribution in [1.82, 2.24) is 0 Å². The van der Waals surface area contributed by atoms with Gasteiger partial charge in [0.15, 0.2) is 11.7 Å². The molecule has 0 N–H and O–H groups in total. The van der Waals surface area contributed by atoms with E-state index in [4.69, 9.17) is 0 Å². The number of hydrogen-bond acceptors (Lipinski definition) is 0. The number of halogens is 3. The standard InChI is InChI=1S/C21H29F3/c1-3-14-4-6-15(7-5-14)16-8-9-17(13(2)12-16)18-10-11-19(22)21(24)20(18)23/h11,14-16,18H,3-10,12H2,1-2H3/t14?,15?,16?,18-/m1/s1. The molecule has 1 unspecified atom stereocenters. The molecule has 1 fully saturated rings. The van der Waals surface area contributed by atoms with Gasteiger partial charge in [0.2, 0.25) is 0 Å². The second-order valence-electron chi connectivity index (χ2n) is 8.00. The molecular formula is C21H29F3. The SMILES string of the molecule is CCC1CCC(C2CCC([C@H]3CC=C(F)C(F)=C3F)=C(C)C2)CC1. The van der Waals surface area contributed by atoms with Crippen LogP contribution in [0.3, 0.4) is 0 Å². The van der Waals surface area contributed by atoms with E-state index in [0.29, 0.717) is 5.92 Å². The minimum atomic E-state index is -1.29. The fourth-order valence-electron chi connectivity index (χ4n) is 5.10. The van der Waals surface area contributed by atoms with Crippen LogP contribution in [0.4, 0.5) is 13.2 Å². The number of hydrogen-bond donors (Lipinski definition) is 0. The largest absolute Gasteiger partial charge is 0.208 e. The van der Waals surface area contributed by atoms with Crippen LogP contribution in [0.15, 0.2) is 34.7 Å². The quantitative estimate of drug-likeness (QED) is 0.472. The van der Waals surface area contributed by atoms with Crippen LogP contribution < -0.4 is 0 Å². The van der Waals surface area contributed by atoms with Gasteiger partial charge in [0.05, 0.1) is 0 Å². The summed E-state index contributed by atoms with van der Waals surface area (Å²) in [6.07, 6.45) is 11.0. The summed E-state index contributed by atoms with van der Waals surface area (Å²) in [5, 5.41) is 0. The molecule has 0 aromatic rings. The summed E-state index contributed by atoms with van der Waals surface area (Å²) in [6.45, 7) is 4.35. The predicted octanol–water partition coefficient (Wildman–Crippen LogP) is 7.34. The highest BCUT2D eigenvalue weighted by Crippen LogP contribution is 2.46. The molecule has 0 amide bonds. The van der Waals surface area contributed by atoms with Crippen LogP contribution in [0.2, 0.25) is 0 Å². The van der Waals surface area contributed by atoms with Crippen molar-refractivity contribution in [3.8, 4) is 0 Å². The highest BCUT2D eigenvalue weighted by molar-refractivity contribution is 5.35. The molecule has 24 heavy (non-hydrogen) atoms. The highest BCUT2D eigenvalue weighted by atomic mass is 19.2. The summed E-state index contributed by atoms with van der Waals surface area (Å²) in [5.41, 5.74) is 2.23. The fourth-order valence-corrected chi connectivity index (χ4v) is 5.10. The predicted molar refractivity (Wildman–Crippen MR) is 92.3 cm³/mol. The molecular weight excluding hydrogens is 309 g/mol. The molecule has 2 atom stereocenters. The maximum Gasteiger partial charge on any atom is 0.190 e. The molecule has 3 aliphatic rings. The van der Waals surface area contributed by atoms with Crippen molar-refractivity contribution in [1.29, 1.82) is 0 Å². The van der Waals surface area contributed by atoms with Crippen molar-refractivity contribution in [2.24, 2.45) is 23.7 Å². The van der Waals surface area contributed by atoms with Crippen molar-refractivity contribution in [3.63, 3.8) is 0 Å². The van der Waals surface area contributed by atoms with Crippen LogP contribution in [-0.2, 0) is 0 Å². The Labute approximate surface area is 143 Å². The molecule has 0 saturated heterocycles. The summed E-state index contributed by atoms with van der Waals surface area (Å²) in [6, 6.07) is 0. The van der Waals surface area contributed by atoms with Gasteiger partial charge in [0.25, 0.3) is 0 Å². The Kier molecular flexibility index (Phi) is 5.56. The van der Waals surface area contributed by atoms with Crippen molar-refractivity contribution < 1.29 is 13.2 Å². The molecule has 3 aliphatic carbocycles. The third-order valence-corrected chi connectivity index (χ3v) is 6.72. The van der Waals surface area contributed by atoms with Gasteiger partial charge in [-0.05, 0) is 69.3 Å². The average Bonchev–Trinajstić information content (AvgIpc) is 2.60. The van der Waals surface area contributed by atoms with Crippen LogP contribution >= 0.6 is 0 Å². The van der Waals surface area contributed by atoms with Gasteiger partial charge in [-0.3, -0.25) is 0 Å². The summed E-state index contributed by atoms with van der Waals surface area (Å²) in [7, 11) is 0. The fraction of sp³-hybridized carbons (Fsp3) is 0.714. The summed E-state index contributed by atoms with van der Waals surface area (Å²) >= 11 is 0. The third-order valence-electron chi connectivity index (χ3n) is 6.72. The van der Waals surface area contributed by atoms with E-state index in [1.807, 2.05) is 0 Å². The minimum Gasteiger partial charge on any atom is -0.208 e. The molecule has 0 spiro atoms. The molecule has 0 aromatic carbocycles. The van der Waals surface area contributed by atoms with Gasteiger partial charge in [-0.25, -0.2) is 13.2 Å². The van der Waals surface area contributed by atoms with Crippen molar-refractivity contribution in [2.45, 2.75) is 71.6 Å². The Morgan fingerprint density at radius 1 is 1.00 bits per heavy atom. The van der Waals surface area contributed by atoms with Crippen LogP contribution in [0.5, 0.6) is 0 Å². The van der Waals surface area contributed by atoms with Crippen LogP contribution in [0.1, 0.15) is 71.6 Å². The van der Waals surface area contributed by atoms with Gasteiger partial charge in [-0.1, -0.05) is 37.3 Å². The lowest BCUT2D eigenvalue weighted by Crippen LogP contribution is -2.25. The smallest absolute Gasteiger partial charge is 0.190 e. The molecule has 0 heterocycles. The molecule has 0 nitrogen and oxygen atoms in total. The van der Waals surface area contributed by atoms with Crippen molar-refractivity contribution in [2.75, 3.05) is 0 Å². The maximum atomic E-state index is 14.2.